The molecule has 0 spiro atoms. The summed E-state index contributed by atoms with van der Waals surface area (Å²) in [6.45, 7) is 2.20. The third-order valence-corrected chi connectivity index (χ3v) is 4.23. The first-order valence-electron chi connectivity index (χ1n) is 6.81. The second-order valence-corrected chi connectivity index (χ2v) is 5.48. The van der Waals surface area contributed by atoms with E-state index in [-0.39, 0.29) is 11.8 Å². The van der Waals surface area contributed by atoms with E-state index in [1.165, 1.54) is 0 Å². The van der Waals surface area contributed by atoms with Gasteiger partial charge in [-0.15, -0.1) is 0 Å². The Morgan fingerprint density at radius 3 is 2.89 bits per heavy atom. The van der Waals surface area contributed by atoms with Crippen molar-refractivity contribution in [2.75, 3.05) is 0 Å². The van der Waals surface area contributed by atoms with Gasteiger partial charge in [0.1, 0.15) is 0 Å². The molecule has 100 valence electrons. The van der Waals surface area contributed by atoms with E-state index in [0.29, 0.717) is 5.92 Å². The van der Waals surface area contributed by atoms with Gasteiger partial charge in [-0.05, 0) is 43.6 Å². The summed E-state index contributed by atoms with van der Waals surface area (Å²) in [7, 11) is 1.90. The van der Waals surface area contributed by atoms with E-state index < -0.39 is 5.97 Å². The Hall–Kier alpha value is -1.32. The fraction of sp³-hybridized carbons (Fsp3) is 0.714. The summed E-state index contributed by atoms with van der Waals surface area (Å²) < 4.78 is 1.78. The van der Waals surface area contributed by atoms with Crippen LogP contribution in [0.25, 0.3) is 0 Å². The Bertz CT molecular complexity index is 414. The van der Waals surface area contributed by atoms with Crippen LogP contribution in [0, 0.1) is 17.8 Å². The molecule has 1 aliphatic carbocycles. The van der Waals surface area contributed by atoms with Gasteiger partial charge >= 0.3 is 5.97 Å². The van der Waals surface area contributed by atoms with Crippen molar-refractivity contribution in [2.24, 2.45) is 24.8 Å². The summed E-state index contributed by atoms with van der Waals surface area (Å²) in [5.41, 5.74) is 1.02. The molecule has 1 heterocycles. The number of carboxylic acids is 1. The summed E-state index contributed by atoms with van der Waals surface area (Å²) in [5.74, 6) is 0.116. The van der Waals surface area contributed by atoms with E-state index >= 15 is 0 Å². The monoisotopic (exact) mass is 250 g/mol. The zero-order chi connectivity index (χ0) is 13.1. The lowest BCUT2D eigenvalue weighted by molar-refractivity contribution is -0.145. The van der Waals surface area contributed by atoms with Gasteiger partial charge in [0.15, 0.2) is 0 Å². The third kappa shape index (κ3) is 2.92. The van der Waals surface area contributed by atoms with Crippen LogP contribution in [0.3, 0.4) is 0 Å². The highest BCUT2D eigenvalue weighted by molar-refractivity contribution is 5.70. The van der Waals surface area contributed by atoms with Gasteiger partial charge in [-0.1, -0.05) is 13.3 Å². The van der Waals surface area contributed by atoms with E-state index in [0.717, 1.165) is 37.8 Å². The highest BCUT2D eigenvalue weighted by Crippen LogP contribution is 2.37. The molecule has 0 bridgehead atoms. The standard InChI is InChI=1S/C14H22N2O2/c1-3-10-4-5-13(14(17)18)11(8-10)9-12-6-7-16(2)15-12/h6-7,10-11,13H,3-5,8-9H2,1-2H3,(H,17,18). The fourth-order valence-electron chi connectivity index (χ4n) is 3.12. The van der Waals surface area contributed by atoms with Crippen molar-refractivity contribution in [3.05, 3.63) is 18.0 Å². The Kier molecular flexibility index (Phi) is 4.04. The lowest BCUT2D eigenvalue weighted by atomic mass is 9.71. The first-order chi connectivity index (χ1) is 8.60. The Labute approximate surface area is 108 Å². The minimum Gasteiger partial charge on any atom is -0.481 e. The minimum atomic E-state index is -0.634. The number of nitrogens with zero attached hydrogens (tertiary/aromatic N) is 2. The molecule has 4 heteroatoms. The summed E-state index contributed by atoms with van der Waals surface area (Å²) >= 11 is 0. The molecular weight excluding hydrogens is 228 g/mol. The van der Waals surface area contributed by atoms with Crippen molar-refractivity contribution in [3.8, 4) is 0 Å². The number of carbonyl (C=O) groups is 1. The predicted octanol–water partition coefficient (Wildman–Crippen LogP) is 2.49. The van der Waals surface area contributed by atoms with Crippen LogP contribution in [0.15, 0.2) is 12.3 Å². The van der Waals surface area contributed by atoms with Crippen molar-refractivity contribution < 1.29 is 9.90 Å². The van der Waals surface area contributed by atoms with Crippen molar-refractivity contribution in [2.45, 2.75) is 39.0 Å². The molecule has 2 rings (SSSR count). The van der Waals surface area contributed by atoms with Gasteiger partial charge in [-0.3, -0.25) is 9.48 Å². The molecule has 1 N–H and O–H groups in total. The maximum absolute atomic E-state index is 11.3. The van der Waals surface area contributed by atoms with Crippen LogP contribution in [0.2, 0.25) is 0 Å². The lowest BCUT2D eigenvalue weighted by Gasteiger charge is -2.33. The molecular formula is C14H22N2O2. The van der Waals surface area contributed by atoms with Gasteiger partial charge in [0.25, 0.3) is 0 Å². The smallest absolute Gasteiger partial charge is 0.306 e. The summed E-state index contributed by atoms with van der Waals surface area (Å²) in [6, 6.07) is 1.99. The number of carboxylic acid groups (broad SMARTS) is 1. The summed E-state index contributed by atoms with van der Waals surface area (Å²) in [6.07, 6.45) is 6.80. The third-order valence-electron chi connectivity index (χ3n) is 4.23. The molecule has 18 heavy (non-hydrogen) atoms. The average Bonchev–Trinajstić information content (AvgIpc) is 2.74. The van der Waals surface area contributed by atoms with Crippen molar-refractivity contribution >= 4 is 5.97 Å². The molecule has 1 aliphatic rings. The number of rotatable bonds is 4. The van der Waals surface area contributed by atoms with Gasteiger partial charge in [0.2, 0.25) is 0 Å². The highest BCUT2D eigenvalue weighted by atomic mass is 16.4. The van der Waals surface area contributed by atoms with Crippen LogP contribution >= 0.6 is 0 Å². The molecule has 3 unspecified atom stereocenters. The van der Waals surface area contributed by atoms with Crippen LogP contribution in [0.4, 0.5) is 0 Å². The molecule has 0 aliphatic heterocycles. The van der Waals surface area contributed by atoms with Crippen molar-refractivity contribution in [1.82, 2.24) is 9.78 Å². The maximum Gasteiger partial charge on any atom is 0.306 e. The zero-order valence-electron chi connectivity index (χ0n) is 11.2. The van der Waals surface area contributed by atoms with Crippen LogP contribution in [0.1, 0.15) is 38.3 Å². The molecule has 4 nitrogen and oxygen atoms in total. The molecule has 1 saturated carbocycles. The van der Waals surface area contributed by atoms with Gasteiger partial charge in [-0.25, -0.2) is 0 Å². The molecule has 0 saturated heterocycles. The predicted molar refractivity (Wildman–Crippen MR) is 69.2 cm³/mol. The van der Waals surface area contributed by atoms with Gasteiger partial charge < -0.3 is 5.11 Å². The van der Waals surface area contributed by atoms with E-state index in [9.17, 15) is 9.90 Å². The zero-order valence-corrected chi connectivity index (χ0v) is 11.2. The summed E-state index contributed by atoms with van der Waals surface area (Å²) in [4.78, 5) is 11.3. The minimum absolute atomic E-state index is 0.185. The Balaban J connectivity index is 2.07. The van der Waals surface area contributed by atoms with Gasteiger partial charge in [0, 0.05) is 13.2 Å². The van der Waals surface area contributed by atoms with E-state index in [4.69, 9.17) is 0 Å². The number of aromatic nitrogens is 2. The van der Waals surface area contributed by atoms with Crippen molar-refractivity contribution in [1.29, 1.82) is 0 Å². The maximum atomic E-state index is 11.3. The first kappa shape index (κ1) is 13.1. The van der Waals surface area contributed by atoms with E-state index in [1.807, 2.05) is 19.3 Å². The number of hydrogen-bond acceptors (Lipinski definition) is 2. The van der Waals surface area contributed by atoms with Crippen LogP contribution in [0.5, 0.6) is 0 Å². The van der Waals surface area contributed by atoms with Crippen molar-refractivity contribution in [3.63, 3.8) is 0 Å². The summed E-state index contributed by atoms with van der Waals surface area (Å²) in [5, 5.41) is 13.7. The Morgan fingerprint density at radius 2 is 2.33 bits per heavy atom. The van der Waals surface area contributed by atoms with Crippen LogP contribution in [-0.4, -0.2) is 20.9 Å². The quantitative estimate of drug-likeness (QED) is 0.893. The topological polar surface area (TPSA) is 55.1 Å². The number of hydrogen-bond donors (Lipinski definition) is 1. The SMILES string of the molecule is CCC1CCC(C(=O)O)C(Cc2ccn(C)n2)C1. The molecule has 0 radical (unpaired) electrons. The molecule has 1 aromatic heterocycles. The van der Waals surface area contributed by atoms with E-state index in [1.54, 1.807) is 4.68 Å². The molecule has 1 fully saturated rings. The van der Waals surface area contributed by atoms with Crippen LogP contribution in [-0.2, 0) is 18.3 Å². The van der Waals surface area contributed by atoms with Crippen LogP contribution < -0.4 is 0 Å². The first-order valence-corrected chi connectivity index (χ1v) is 6.81. The average molecular weight is 250 g/mol. The molecule has 0 aromatic carbocycles. The van der Waals surface area contributed by atoms with Gasteiger partial charge in [0.05, 0.1) is 11.6 Å². The Morgan fingerprint density at radius 1 is 1.56 bits per heavy atom. The van der Waals surface area contributed by atoms with Gasteiger partial charge in [-0.2, -0.15) is 5.10 Å². The molecule has 3 atom stereocenters. The number of aryl methyl sites for hydroxylation is 1. The second-order valence-electron chi connectivity index (χ2n) is 5.48. The largest absolute Gasteiger partial charge is 0.481 e. The lowest BCUT2D eigenvalue weighted by Crippen LogP contribution is -2.32. The second kappa shape index (κ2) is 5.55. The fourth-order valence-corrected chi connectivity index (χ4v) is 3.12. The normalized spacial score (nSPS) is 28.2. The molecule has 1 aromatic rings. The highest BCUT2D eigenvalue weighted by Gasteiger charge is 2.34. The number of aliphatic carboxylic acids is 1. The molecule has 0 amide bonds. The van der Waals surface area contributed by atoms with E-state index in [2.05, 4.69) is 12.0 Å².